The van der Waals surface area contributed by atoms with Crippen LogP contribution in [0.2, 0.25) is 0 Å². The molecule has 0 spiro atoms. The maximum atomic E-state index is 13.0. The van der Waals surface area contributed by atoms with E-state index in [1.165, 1.54) is 12.1 Å². The molecule has 1 aromatic rings. The highest BCUT2D eigenvalue weighted by atomic mass is 19.1. The van der Waals surface area contributed by atoms with Gasteiger partial charge in [0.1, 0.15) is 17.7 Å². The molecule has 3 heteroatoms. The summed E-state index contributed by atoms with van der Waals surface area (Å²) in [5.74, 6) is 0.540. The average molecular weight is 253 g/mol. The van der Waals surface area contributed by atoms with E-state index in [-0.39, 0.29) is 11.9 Å². The van der Waals surface area contributed by atoms with Crippen molar-refractivity contribution in [3.63, 3.8) is 0 Å². The lowest BCUT2D eigenvalue weighted by atomic mass is 10.1. The van der Waals surface area contributed by atoms with Crippen LogP contribution in [-0.4, -0.2) is 18.7 Å². The van der Waals surface area contributed by atoms with E-state index in [2.05, 4.69) is 19.2 Å². The number of rotatable bonds is 7. The zero-order valence-electron chi connectivity index (χ0n) is 11.8. The van der Waals surface area contributed by atoms with E-state index in [0.717, 1.165) is 30.7 Å². The Balaban J connectivity index is 2.46. The van der Waals surface area contributed by atoms with E-state index < -0.39 is 0 Å². The van der Waals surface area contributed by atoms with Gasteiger partial charge in [0.05, 0.1) is 0 Å². The predicted molar refractivity (Wildman–Crippen MR) is 73.6 cm³/mol. The molecule has 0 saturated heterocycles. The van der Waals surface area contributed by atoms with Crippen LogP contribution in [0.25, 0.3) is 0 Å². The van der Waals surface area contributed by atoms with Crippen LogP contribution >= 0.6 is 0 Å². The van der Waals surface area contributed by atoms with E-state index >= 15 is 0 Å². The summed E-state index contributed by atoms with van der Waals surface area (Å²) >= 11 is 0. The minimum Gasteiger partial charge on any atom is -0.489 e. The van der Waals surface area contributed by atoms with Crippen molar-refractivity contribution in [2.75, 3.05) is 6.54 Å². The molecule has 0 amide bonds. The van der Waals surface area contributed by atoms with E-state index in [4.69, 9.17) is 4.74 Å². The first kappa shape index (κ1) is 15.0. The lowest BCUT2D eigenvalue weighted by Gasteiger charge is -2.20. The number of aryl methyl sites for hydroxylation is 1. The minimum atomic E-state index is -0.220. The molecule has 2 nitrogen and oxygen atoms in total. The summed E-state index contributed by atoms with van der Waals surface area (Å²) < 4.78 is 18.8. The summed E-state index contributed by atoms with van der Waals surface area (Å²) in [6.07, 6.45) is 2.33. The molecular formula is C15H24FNO. The first-order chi connectivity index (χ1) is 8.56. The third-order valence-electron chi connectivity index (χ3n) is 3.14. The van der Waals surface area contributed by atoms with Crippen LogP contribution in [0.4, 0.5) is 4.39 Å². The molecule has 0 bridgehead atoms. The van der Waals surface area contributed by atoms with Crippen LogP contribution < -0.4 is 10.1 Å². The zero-order chi connectivity index (χ0) is 13.5. The van der Waals surface area contributed by atoms with Crippen LogP contribution in [0.1, 0.15) is 39.2 Å². The standard InChI is InChI=1S/C15H24FNO/c1-5-14(6-2)17-10-12(4)18-15-8-7-13(16)9-11(15)3/h7-9,12,14,17H,5-6,10H2,1-4H3. The van der Waals surface area contributed by atoms with Crippen LogP contribution in [0, 0.1) is 12.7 Å². The van der Waals surface area contributed by atoms with Crippen LogP contribution in [-0.2, 0) is 0 Å². The second-order valence-corrected chi connectivity index (χ2v) is 4.76. The van der Waals surface area contributed by atoms with Gasteiger partial charge in [-0.05, 0) is 50.5 Å². The van der Waals surface area contributed by atoms with Gasteiger partial charge in [-0.15, -0.1) is 0 Å². The van der Waals surface area contributed by atoms with Crippen molar-refractivity contribution >= 4 is 0 Å². The summed E-state index contributed by atoms with van der Waals surface area (Å²) in [6, 6.07) is 5.17. The predicted octanol–water partition coefficient (Wildman–Crippen LogP) is 3.68. The smallest absolute Gasteiger partial charge is 0.123 e. The molecule has 0 aliphatic heterocycles. The number of benzene rings is 1. The molecular weight excluding hydrogens is 229 g/mol. The van der Waals surface area contributed by atoms with Crippen molar-refractivity contribution in [3.05, 3.63) is 29.6 Å². The zero-order valence-corrected chi connectivity index (χ0v) is 11.8. The Morgan fingerprint density at radius 1 is 1.28 bits per heavy atom. The van der Waals surface area contributed by atoms with E-state index in [0.29, 0.717) is 6.04 Å². The average Bonchev–Trinajstić information content (AvgIpc) is 2.34. The van der Waals surface area contributed by atoms with Gasteiger partial charge in [0.15, 0.2) is 0 Å². The Labute approximate surface area is 110 Å². The molecule has 0 fully saturated rings. The highest BCUT2D eigenvalue weighted by Gasteiger charge is 2.09. The van der Waals surface area contributed by atoms with E-state index in [9.17, 15) is 4.39 Å². The fraction of sp³-hybridized carbons (Fsp3) is 0.600. The molecule has 102 valence electrons. The molecule has 1 rings (SSSR count). The Morgan fingerprint density at radius 2 is 1.94 bits per heavy atom. The van der Waals surface area contributed by atoms with Gasteiger partial charge in [-0.2, -0.15) is 0 Å². The molecule has 1 unspecified atom stereocenters. The number of hydrogen-bond acceptors (Lipinski definition) is 2. The fourth-order valence-electron chi connectivity index (χ4n) is 1.91. The van der Waals surface area contributed by atoms with Gasteiger partial charge in [0, 0.05) is 12.6 Å². The number of halogens is 1. The SMILES string of the molecule is CCC(CC)NCC(C)Oc1ccc(F)cc1C. The van der Waals surface area contributed by atoms with Gasteiger partial charge in [-0.25, -0.2) is 4.39 Å². The van der Waals surface area contributed by atoms with Gasteiger partial charge in [0.2, 0.25) is 0 Å². The third-order valence-corrected chi connectivity index (χ3v) is 3.14. The number of hydrogen-bond donors (Lipinski definition) is 1. The molecule has 1 N–H and O–H groups in total. The van der Waals surface area contributed by atoms with Crippen molar-refractivity contribution < 1.29 is 9.13 Å². The summed E-state index contributed by atoms with van der Waals surface area (Å²) in [6.45, 7) is 9.05. The number of nitrogens with one attached hydrogen (secondary N) is 1. The first-order valence-electron chi connectivity index (χ1n) is 6.73. The Hall–Kier alpha value is -1.09. The summed E-state index contributed by atoms with van der Waals surface area (Å²) in [7, 11) is 0. The second-order valence-electron chi connectivity index (χ2n) is 4.76. The van der Waals surface area contributed by atoms with Crippen molar-refractivity contribution in [1.82, 2.24) is 5.32 Å². The highest BCUT2D eigenvalue weighted by Crippen LogP contribution is 2.19. The highest BCUT2D eigenvalue weighted by molar-refractivity contribution is 5.32. The van der Waals surface area contributed by atoms with Crippen molar-refractivity contribution in [3.8, 4) is 5.75 Å². The summed E-state index contributed by atoms with van der Waals surface area (Å²) in [4.78, 5) is 0. The molecule has 18 heavy (non-hydrogen) atoms. The summed E-state index contributed by atoms with van der Waals surface area (Å²) in [5.41, 5.74) is 0.837. The summed E-state index contributed by atoms with van der Waals surface area (Å²) in [5, 5.41) is 3.47. The normalized spacial score (nSPS) is 12.8. The van der Waals surface area contributed by atoms with Gasteiger partial charge >= 0.3 is 0 Å². The van der Waals surface area contributed by atoms with Crippen molar-refractivity contribution in [2.24, 2.45) is 0 Å². The van der Waals surface area contributed by atoms with E-state index in [1.54, 1.807) is 6.07 Å². The minimum absolute atomic E-state index is 0.0785. The van der Waals surface area contributed by atoms with Crippen LogP contribution in [0.5, 0.6) is 5.75 Å². The van der Waals surface area contributed by atoms with Crippen molar-refractivity contribution in [2.45, 2.75) is 52.7 Å². The first-order valence-corrected chi connectivity index (χ1v) is 6.73. The topological polar surface area (TPSA) is 21.3 Å². The molecule has 0 saturated carbocycles. The molecule has 0 radical (unpaired) electrons. The van der Waals surface area contributed by atoms with Gasteiger partial charge in [0.25, 0.3) is 0 Å². The quantitative estimate of drug-likeness (QED) is 0.800. The molecule has 0 aliphatic carbocycles. The second kappa shape index (κ2) is 7.37. The third kappa shape index (κ3) is 4.65. The Morgan fingerprint density at radius 3 is 2.50 bits per heavy atom. The fourth-order valence-corrected chi connectivity index (χ4v) is 1.91. The molecule has 0 aromatic heterocycles. The Bertz CT molecular complexity index is 364. The number of ether oxygens (including phenoxy) is 1. The van der Waals surface area contributed by atoms with Gasteiger partial charge in [-0.3, -0.25) is 0 Å². The maximum Gasteiger partial charge on any atom is 0.123 e. The van der Waals surface area contributed by atoms with Gasteiger partial charge < -0.3 is 10.1 Å². The lowest BCUT2D eigenvalue weighted by molar-refractivity contribution is 0.208. The molecule has 0 heterocycles. The lowest BCUT2D eigenvalue weighted by Crippen LogP contribution is -2.36. The monoisotopic (exact) mass is 253 g/mol. The van der Waals surface area contributed by atoms with Crippen LogP contribution in [0.15, 0.2) is 18.2 Å². The molecule has 1 atom stereocenters. The maximum absolute atomic E-state index is 13.0. The van der Waals surface area contributed by atoms with Crippen LogP contribution in [0.3, 0.4) is 0 Å². The van der Waals surface area contributed by atoms with Gasteiger partial charge in [-0.1, -0.05) is 13.8 Å². The van der Waals surface area contributed by atoms with Crippen molar-refractivity contribution in [1.29, 1.82) is 0 Å². The van der Waals surface area contributed by atoms with E-state index in [1.807, 2.05) is 13.8 Å². The molecule has 1 aromatic carbocycles. The molecule has 0 aliphatic rings. The Kier molecular flexibility index (Phi) is 6.13. The largest absolute Gasteiger partial charge is 0.489 e.